The number of nitrogens with one attached hydrogen (secondary N) is 1. The molecular weight excluding hydrogens is 373 g/mol. The summed E-state index contributed by atoms with van der Waals surface area (Å²) in [6, 6.07) is 10.5. The number of carbonyl (C=O) groups excluding carboxylic acids is 1. The van der Waals surface area contributed by atoms with Crippen LogP contribution in [-0.2, 0) is 16.1 Å². The third-order valence-corrected chi connectivity index (χ3v) is 5.19. The molecule has 1 amide bonds. The molecule has 1 aliphatic rings. The molecule has 0 spiro atoms. The summed E-state index contributed by atoms with van der Waals surface area (Å²) in [5.41, 5.74) is 6.71. The molecule has 1 unspecified atom stereocenters. The van der Waals surface area contributed by atoms with E-state index in [-0.39, 0.29) is 36.8 Å². The quantitative estimate of drug-likeness (QED) is 0.697. The minimum Gasteiger partial charge on any atom is -0.374 e. The SMILES string of the molecule is CCC(CC)(CN)C(=O)NCC1CN(Cc2ccccc2)CCO1.Cl.Cl. The summed E-state index contributed by atoms with van der Waals surface area (Å²) >= 11 is 0. The van der Waals surface area contributed by atoms with E-state index >= 15 is 0 Å². The molecule has 3 N–H and O–H groups in total. The van der Waals surface area contributed by atoms with Crippen molar-refractivity contribution in [3.05, 3.63) is 35.9 Å². The number of nitrogens with zero attached hydrogens (tertiary/aromatic N) is 1. The van der Waals surface area contributed by atoms with E-state index in [2.05, 4.69) is 34.5 Å². The molecule has 7 heteroatoms. The zero-order valence-electron chi connectivity index (χ0n) is 15.8. The maximum Gasteiger partial charge on any atom is 0.227 e. The van der Waals surface area contributed by atoms with Gasteiger partial charge in [-0.05, 0) is 18.4 Å². The molecule has 26 heavy (non-hydrogen) atoms. The Labute approximate surface area is 169 Å². The van der Waals surface area contributed by atoms with Gasteiger partial charge >= 0.3 is 0 Å². The molecule has 0 saturated carbocycles. The van der Waals surface area contributed by atoms with Crippen LogP contribution in [-0.4, -0.2) is 49.7 Å². The van der Waals surface area contributed by atoms with Gasteiger partial charge in [-0.3, -0.25) is 9.69 Å². The van der Waals surface area contributed by atoms with Crippen LogP contribution in [0.1, 0.15) is 32.3 Å². The highest BCUT2D eigenvalue weighted by atomic mass is 35.5. The molecule has 1 fully saturated rings. The van der Waals surface area contributed by atoms with Gasteiger partial charge in [0.25, 0.3) is 0 Å². The molecule has 150 valence electrons. The molecule has 2 rings (SSSR count). The Morgan fingerprint density at radius 3 is 2.50 bits per heavy atom. The van der Waals surface area contributed by atoms with E-state index in [0.717, 1.165) is 32.5 Å². The van der Waals surface area contributed by atoms with E-state index in [0.29, 0.717) is 19.7 Å². The molecule has 5 nitrogen and oxygen atoms in total. The summed E-state index contributed by atoms with van der Waals surface area (Å²) < 4.78 is 5.82. The lowest BCUT2D eigenvalue weighted by atomic mass is 9.81. The van der Waals surface area contributed by atoms with Gasteiger partial charge in [-0.25, -0.2) is 0 Å². The van der Waals surface area contributed by atoms with E-state index < -0.39 is 5.41 Å². The molecule has 0 aromatic heterocycles. The molecule has 1 saturated heterocycles. The number of morpholine rings is 1. The second-order valence-corrected chi connectivity index (χ2v) is 6.62. The number of rotatable bonds is 8. The van der Waals surface area contributed by atoms with Crippen molar-refractivity contribution >= 4 is 30.7 Å². The topological polar surface area (TPSA) is 67.6 Å². The van der Waals surface area contributed by atoms with Crippen LogP contribution in [0.4, 0.5) is 0 Å². The summed E-state index contributed by atoms with van der Waals surface area (Å²) in [6.07, 6.45) is 1.56. The normalized spacial score (nSPS) is 17.7. The van der Waals surface area contributed by atoms with Crippen molar-refractivity contribution in [2.45, 2.75) is 39.3 Å². The fraction of sp³-hybridized carbons (Fsp3) is 0.632. The molecule has 1 aromatic rings. The van der Waals surface area contributed by atoms with Gasteiger partial charge in [0, 0.05) is 32.7 Å². The van der Waals surface area contributed by atoms with Gasteiger partial charge in [0.05, 0.1) is 18.1 Å². The summed E-state index contributed by atoms with van der Waals surface area (Å²) in [6.45, 7) is 8.37. The number of benzene rings is 1. The Kier molecular flexibility index (Phi) is 12.1. The van der Waals surface area contributed by atoms with Crippen LogP contribution in [0.15, 0.2) is 30.3 Å². The van der Waals surface area contributed by atoms with Crippen molar-refractivity contribution in [1.82, 2.24) is 10.2 Å². The number of hydrogen-bond donors (Lipinski definition) is 2. The number of nitrogens with two attached hydrogens (primary N) is 1. The summed E-state index contributed by atoms with van der Waals surface area (Å²) in [4.78, 5) is 14.9. The second kappa shape index (κ2) is 12.5. The third kappa shape index (κ3) is 6.71. The first-order valence-corrected chi connectivity index (χ1v) is 8.99. The van der Waals surface area contributed by atoms with Crippen molar-refractivity contribution in [3.8, 4) is 0 Å². The Morgan fingerprint density at radius 1 is 1.27 bits per heavy atom. The van der Waals surface area contributed by atoms with E-state index in [1.807, 2.05) is 19.9 Å². The van der Waals surface area contributed by atoms with Gasteiger partial charge in [-0.1, -0.05) is 44.2 Å². The smallest absolute Gasteiger partial charge is 0.227 e. The summed E-state index contributed by atoms with van der Waals surface area (Å²) in [5.74, 6) is 0.0544. The summed E-state index contributed by atoms with van der Waals surface area (Å²) in [7, 11) is 0. The highest BCUT2D eigenvalue weighted by Gasteiger charge is 2.33. The van der Waals surface area contributed by atoms with Crippen LogP contribution in [0.5, 0.6) is 0 Å². The zero-order valence-corrected chi connectivity index (χ0v) is 17.4. The van der Waals surface area contributed by atoms with Crippen LogP contribution >= 0.6 is 24.8 Å². The number of carbonyl (C=O) groups is 1. The van der Waals surface area contributed by atoms with Crippen molar-refractivity contribution in [2.75, 3.05) is 32.8 Å². The minimum absolute atomic E-state index is 0. The fourth-order valence-corrected chi connectivity index (χ4v) is 3.24. The van der Waals surface area contributed by atoms with E-state index in [4.69, 9.17) is 10.5 Å². The molecule has 1 heterocycles. The van der Waals surface area contributed by atoms with E-state index in [1.54, 1.807) is 0 Å². The third-order valence-electron chi connectivity index (χ3n) is 5.19. The first kappa shape index (κ1) is 25.1. The van der Waals surface area contributed by atoms with Gasteiger partial charge in [-0.15, -0.1) is 24.8 Å². The van der Waals surface area contributed by atoms with Gasteiger partial charge in [-0.2, -0.15) is 0 Å². The summed E-state index contributed by atoms with van der Waals surface area (Å²) in [5, 5.41) is 3.06. The lowest BCUT2D eigenvalue weighted by Gasteiger charge is -2.34. The maximum atomic E-state index is 12.5. The predicted molar refractivity (Wildman–Crippen MR) is 111 cm³/mol. The fourth-order valence-electron chi connectivity index (χ4n) is 3.24. The lowest BCUT2D eigenvalue weighted by Crippen LogP contribution is -2.51. The molecule has 0 aliphatic carbocycles. The van der Waals surface area contributed by atoms with Crippen LogP contribution < -0.4 is 11.1 Å². The van der Waals surface area contributed by atoms with Crippen LogP contribution in [0.25, 0.3) is 0 Å². The average Bonchev–Trinajstić information content (AvgIpc) is 2.63. The number of hydrogen-bond acceptors (Lipinski definition) is 4. The van der Waals surface area contributed by atoms with E-state index in [1.165, 1.54) is 5.56 Å². The monoisotopic (exact) mass is 405 g/mol. The van der Waals surface area contributed by atoms with Gasteiger partial charge < -0.3 is 15.8 Å². The number of ether oxygens (including phenoxy) is 1. The largest absolute Gasteiger partial charge is 0.374 e. The van der Waals surface area contributed by atoms with Crippen molar-refractivity contribution in [1.29, 1.82) is 0 Å². The van der Waals surface area contributed by atoms with Crippen molar-refractivity contribution in [3.63, 3.8) is 0 Å². The number of halogens is 2. The molecule has 1 aromatic carbocycles. The molecular formula is C19H33Cl2N3O2. The lowest BCUT2D eigenvalue weighted by molar-refractivity contribution is -0.132. The van der Waals surface area contributed by atoms with Crippen molar-refractivity contribution in [2.24, 2.45) is 11.1 Å². The first-order valence-electron chi connectivity index (χ1n) is 8.99. The molecule has 1 aliphatic heterocycles. The Bertz CT molecular complexity index is 505. The minimum atomic E-state index is -0.446. The van der Waals surface area contributed by atoms with Crippen LogP contribution in [0, 0.1) is 5.41 Å². The number of amides is 1. The van der Waals surface area contributed by atoms with Crippen LogP contribution in [0.3, 0.4) is 0 Å². The van der Waals surface area contributed by atoms with Gasteiger partial charge in [0.2, 0.25) is 5.91 Å². The highest BCUT2D eigenvalue weighted by molar-refractivity contribution is 5.85. The van der Waals surface area contributed by atoms with Crippen LogP contribution in [0.2, 0.25) is 0 Å². The first-order chi connectivity index (χ1) is 11.6. The second-order valence-electron chi connectivity index (χ2n) is 6.62. The molecule has 0 bridgehead atoms. The van der Waals surface area contributed by atoms with Crippen molar-refractivity contribution < 1.29 is 9.53 Å². The van der Waals surface area contributed by atoms with Gasteiger partial charge in [0.15, 0.2) is 0 Å². The highest BCUT2D eigenvalue weighted by Crippen LogP contribution is 2.25. The Morgan fingerprint density at radius 2 is 1.92 bits per heavy atom. The van der Waals surface area contributed by atoms with Gasteiger partial charge in [0.1, 0.15) is 0 Å². The average molecular weight is 406 g/mol. The maximum absolute atomic E-state index is 12.5. The molecule has 0 radical (unpaired) electrons. The Balaban J connectivity index is 0.00000312. The Hall–Kier alpha value is -0.850. The zero-order chi connectivity index (χ0) is 17.4. The predicted octanol–water partition coefficient (Wildman–Crippen LogP) is 2.61. The molecule has 1 atom stereocenters. The standard InChI is InChI=1S/C19H31N3O2.2ClH/c1-3-19(4-2,15-20)18(23)21-12-17-14-22(10-11-24-17)13-16-8-6-5-7-9-16;;/h5-9,17H,3-4,10-15,20H2,1-2H3,(H,21,23);2*1H. The van der Waals surface area contributed by atoms with E-state index in [9.17, 15) is 4.79 Å².